The molecule has 0 saturated heterocycles. The molecule has 9 heteroatoms. The van der Waals surface area contributed by atoms with Crippen molar-refractivity contribution in [3.05, 3.63) is 57.4 Å². The average Bonchev–Trinajstić information content (AvgIpc) is 3.58. The Kier molecular flexibility index (Phi) is 5.93. The van der Waals surface area contributed by atoms with Crippen molar-refractivity contribution < 1.29 is 9.47 Å². The van der Waals surface area contributed by atoms with Crippen LogP contribution in [0.3, 0.4) is 0 Å². The maximum Gasteiger partial charge on any atom is 0.329 e. The third-order valence-corrected chi connectivity index (χ3v) is 6.02. The van der Waals surface area contributed by atoms with Gasteiger partial charge in [0, 0.05) is 36.3 Å². The van der Waals surface area contributed by atoms with E-state index in [0.717, 1.165) is 45.7 Å². The van der Waals surface area contributed by atoms with E-state index in [4.69, 9.17) is 14.5 Å². The van der Waals surface area contributed by atoms with Crippen LogP contribution in [-0.2, 0) is 11.3 Å². The van der Waals surface area contributed by atoms with Gasteiger partial charge in [0.15, 0.2) is 5.82 Å². The van der Waals surface area contributed by atoms with E-state index in [1.54, 1.807) is 17.0 Å². The maximum atomic E-state index is 13.2. The molecule has 0 atom stereocenters. The molecule has 0 amide bonds. The summed E-state index contributed by atoms with van der Waals surface area (Å²) in [5, 5.41) is 0.836. The zero-order valence-electron chi connectivity index (χ0n) is 17.8. The van der Waals surface area contributed by atoms with Crippen molar-refractivity contribution in [2.24, 2.45) is 0 Å². The van der Waals surface area contributed by atoms with Crippen molar-refractivity contribution >= 4 is 37.9 Å². The van der Waals surface area contributed by atoms with E-state index in [1.807, 2.05) is 35.8 Å². The SMILES string of the molecule is CCOCCCOc1nc(Cn2c(=O)n(C3CC3)c3ccncc32)nc2cc(Br)ccc12. The number of halogens is 1. The Labute approximate surface area is 193 Å². The van der Waals surface area contributed by atoms with Gasteiger partial charge in [0.05, 0.1) is 41.3 Å². The van der Waals surface area contributed by atoms with Gasteiger partial charge < -0.3 is 9.47 Å². The molecule has 8 nitrogen and oxygen atoms in total. The molecule has 1 aliphatic rings. The molecule has 32 heavy (non-hydrogen) atoms. The van der Waals surface area contributed by atoms with Crippen LogP contribution in [0, 0.1) is 0 Å². The second-order valence-corrected chi connectivity index (χ2v) is 8.76. The van der Waals surface area contributed by atoms with Gasteiger partial charge in [-0.25, -0.2) is 9.78 Å². The molecule has 0 N–H and O–H groups in total. The highest BCUT2D eigenvalue weighted by atomic mass is 79.9. The van der Waals surface area contributed by atoms with Crippen molar-refractivity contribution in [2.45, 2.75) is 38.8 Å². The Morgan fingerprint density at radius 1 is 1.16 bits per heavy atom. The lowest BCUT2D eigenvalue weighted by Crippen LogP contribution is -2.25. The van der Waals surface area contributed by atoms with E-state index in [2.05, 4.69) is 25.9 Å². The van der Waals surface area contributed by atoms with Crippen molar-refractivity contribution in [3.8, 4) is 5.88 Å². The molecule has 166 valence electrons. The van der Waals surface area contributed by atoms with Gasteiger partial charge in [-0.15, -0.1) is 0 Å². The normalized spacial score (nSPS) is 13.8. The van der Waals surface area contributed by atoms with Crippen LogP contribution in [0.2, 0.25) is 0 Å². The first-order chi connectivity index (χ1) is 15.7. The largest absolute Gasteiger partial charge is 0.477 e. The molecule has 1 fully saturated rings. The monoisotopic (exact) mass is 497 g/mol. The molecule has 0 unspecified atom stereocenters. The highest BCUT2D eigenvalue weighted by Gasteiger charge is 2.29. The highest BCUT2D eigenvalue weighted by molar-refractivity contribution is 9.10. The molecule has 0 bridgehead atoms. The summed E-state index contributed by atoms with van der Waals surface area (Å²) in [4.78, 5) is 26.9. The van der Waals surface area contributed by atoms with Crippen LogP contribution < -0.4 is 10.4 Å². The van der Waals surface area contributed by atoms with E-state index in [9.17, 15) is 4.79 Å². The molecule has 1 aromatic carbocycles. The fourth-order valence-electron chi connectivity index (χ4n) is 3.88. The Balaban J connectivity index is 1.52. The number of pyridine rings is 1. The minimum Gasteiger partial charge on any atom is -0.477 e. The van der Waals surface area contributed by atoms with Gasteiger partial charge in [0.25, 0.3) is 0 Å². The van der Waals surface area contributed by atoms with Gasteiger partial charge >= 0.3 is 5.69 Å². The number of hydrogen-bond acceptors (Lipinski definition) is 6. The number of rotatable bonds is 9. The minimum absolute atomic E-state index is 0.0485. The summed E-state index contributed by atoms with van der Waals surface area (Å²) >= 11 is 3.52. The van der Waals surface area contributed by atoms with E-state index in [-0.39, 0.29) is 18.3 Å². The molecule has 3 aromatic heterocycles. The smallest absolute Gasteiger partial charge is 0.329 e. The van der Waals surface area contributed by atoms with Gasteiger partial charge in [0.2, 0.25) is 5.88 Å². The lowest BCUT2D eigenvalue weighted by Gasteiger charge is -2.11. The second kappa shape index (κ2) is 8.99. The van der Waals surface area contributed by atoms with E-state index < -0.39 is 0 Å². The zero-order valence-corrected chi connectivity index (χ0v) is 19.4. The minimum atomic E-state index is -0.0485. The summed E-state index contributed by atoms with van der Waals surface area (Å²) in [6.45, 7) is 4.04. The fourth-order valence-corrected chi connectivity index (χ4v) is 4.23. The molecule has 4 aromatic rings. The molecular formula is C23H24BrN5O3. The van der Waals surface area contributed by atoms with Crippen LogP contribution in [-0.4, -0.2) is 43.9 Å². The number of nitrogens with zero attached hydrogens (tertiary/aromatic N) is 5. The summed E-state index contributed by atoms with van der Waals surface area (Å²) in [6.07, 6.45) is 6.29. The Morgan fingerprint density at radius 2 is 2.03 bits per heavy atom. The Morgan fingerprint density at radius 3 is 2.84 bits per heavy atom. The van der Waals surface area contributed by atoms with Crippen molar-refractivity contribution in [3.63, 3.8) is 0 Å². The molecule has 3 heterocycles. The third kappa shape index (κ3) is 4.14. The topological polar surface area (TPSA) is 84.1 Å². The number of fused-ring (bicyclic) bond motifs is 2. The van der Waals surface area contributed by atoms with Gasteiger partial charge in [-0.2, -0.15) is 4.98 Å². The predicted octanol–water partition coefficient (Wildman–Crippen LogP) is 4.09. The second-order valence-electron chi connectivity index (χ2n) is 7.84. The average molecular weight is 498 g/mol. The number of aromatic nitrogens is 5. The Hall–Kier alpha value is -2.78. The van der Waals surface area contributed by atoms with Crippen LogP contribution in [0.25, 0.3) is 21.9 Å². The van der Waals surface area contributed by atoms with Crippen LogP contribution in [0.1, 0.15) is 38.1 Å². The molecule has 5 rings (SSSR count). The fraction of sp³-hybridized carbons (Fsp3) is 0.391. The lowest BCUT2D eigenvalue weighted by molar-refractivity contribution is 0.130. The first-order valence-electron chi connectivity index (χ1n) is 10.9. The highest BCUT2D eigenvalue weighted by Crippen LogP contribution is 2.36. The summed E-state index contributed by atoms with van der Waals surface area (Å²) in [5.41, 5.74) is 2.42. The van der Waals surface area contributed by atoms with Gasteiger partial charge in [0.1, 0.15) is 0 Å². The first-order valence-corrected chi connectivity index (χ1v) is 11.7. The lowest BCUT2D eigenvalue weighted by atomic mass is 10.2. The van der Waals surface area contributed by atoms with Crippen LogP contribution >= 0.6 is 15.9 Å². The predicted molar refractivity (Wildman–Crippen MR) is 125 cm³/mol. The van der Waals surface area contributed by atoms with Crippen LogP contribution in [0.5, 0.6) is 5.88 Å². The molecule has 0 spiro atoms. The van der Waals surface area contributed by atoms with Gasteiger partial charge in [-0.1, -0.05) is 15.9 Å². The summed E-state index contributed by atoms with van der Waals surface area (Å²) < 4.78 is 15.9. The molecule has 0 aliphatic heterocycles. The van der Waals surface area contributed by atoms with Crippen LogP contribution in [0.15, 0.2) is 45.9 Å². The van der Waals surface area contributed by atoms with Crippen LogP contribution in [0.4, 0.5) is 0 Å². The molecule has 1 aliphatic carbocycles. The van der Waals surface area contributed by atoms with Crippen molar-refractivity contribution in [1.82, 2.24) is 24.1 Å². The summed E-state index contributed by atoms with van der Waals surface area (Å²) in [7, 11) is 0. The first kappa shape index (κ1) is 21.1. The van der Waals surface area contributed by atoms with E-state index in [1.165, 1.54) is 0 Å². The van der Waals surface area contributed by atoms with Gasteiger partial charge in [-0.05, 0) is 44.0 Å². The number of hydrogen-bond donors (Lipinski definition) is 0. The third-order valence-electron chi connectivity index (χ3n) is 5.52. The van der Waals surface area contributed by atoms with Gasteiger partial charge in [-0.3, -0.25) is 14.1 Å². The Bertz CT molecular complexity index is 1330. The molecule has 0 radical (unpaired) electrons. The number of benzene rings is 1. The zero-order chi connectivity index (χ0) is 22.1. The van der Waals surface area contributed by atoms with E-state index in [0.29, 0.717) is 31.5 Å². The summed E-state index contributed by atoms with van der Waals surface area (Å²) in [5.74, 6) is 1.04. The molecular weight excluding hydrogens is 474 g/mol. The number of ether oxygens (including phenoxy) is 2. The quantitative estimate of drug-likeness (QED) is 0.323. The maximum absolute atomic E-state index is 13.2. The van der Waals surface area contributed by atoms with Crippen molar-refractivity contribution in [1.29, 1.82) is 0 Å². The number of imidazole rings is 1. The van der Waals surface area contributed by atoms with E-state index >= 15 is 0 Å². The summed E-state index contributed by atoms with van der Waals surface area (Å²) in [6, 6.07) is 7.99. The standard InChI is InChI=1S/C23H24BrN5O3/c1-2-31-10-3-11-32-22-17-7-4-15(24)12-18(17)26-21(27-22)14-28-20-13-25-9-8-19(20)29(23(28)30)16-5-6-16/h4,7-9,12-13,16H,2-3,5-6,10-11,14H2,1H3. The molecule has 1 saturated carbocycles. The van der Waals surface area contributed by atoms with Crippen molar-refractivity contribution in [2.75, 3.05) is 19.8 Å².